The van der Waals surface area contributed by atoms with E-state index in [9.17, 15) is 28.3 Å². The van der Waals surface area contributed by atoms with Crippen molar-refractivity contribution in [1.82, 2.24) is 14.8 Å². The fourth-order valence-electron chi connectivity index (χ4n) is 3.57. The van der Waals surface area contributed by atoms with Gasteiger partial charge in [0.15, 0.2) is 11.4 Å². The maximum absolute atomic E-state index is 13.8. The Balaban J connectivity index is 1.72. The van der Waals surface area contributed by atoms with E-state index < -0.39 is 34.6 Å². The van der Waals surface area contributed by atoms with Gasteiger partial charge in [-0.25, -0.2) is 8.78 Å². The van der Waals surface area contributed by atoms with Gasteiger partial charge in [0.1, 0.15) is 17.2 Å². The number of hydrogen-bond donors (Lipinski definition) is 2. The van der Waals surface area contributed by atoms with Gasteiger partial charge in [-0.3, -0.25) is 14.4 Å². The van der Waals surface area contributed by atoms with Gasteiger partial charge in [0, 0.05) is 57.7 Å². The van der Waals surface area contributed by atoms with E-state index in [1.54, 1.807) is 12.0 Å². The number of nitrogens with one attached hydrogen (secondary N) is 1. The highest BCUT2D eigenvalue weighted by Crippen LogP contribution is 2.21. The van der Waals surface area contributed by atoms with Gasteiger partial charge in [-0.15, -0.1) is 0 Å². The number of benzene rings is 1. The van der Waals surface area contributed by atoms with E-state index >= 15 is 0 Å². The molecule has 0 unspecified atom stereocenters. The van der Waals surface area contributed by atoms with Crippen LogP contribution in [-0.4, -0.2) is 53.2 Å². The fourth-order valence-corrected chi connectivity index (χ4v) is 3.57. The largest absolute Gasteiger partial charge is 0.503 e. The average molecular weight is 449 g/mol. The average Bonchev–Trinajstić information content (AvgIpc) is 2.76. The zero-order valence-electron chi connectivity index (χ0n) is 17.7. The number of ether oxygens (including phenoxy) is 1. The van der Waals surface area contributed by atoms with Crippen LogP contribution in [0.3, 0.4) is 0 Å². The number of carbonyl (C=O) groups excluding carboxylic acids is 2. The Morgan fingerprint density at radius 2 is 1.97 bits per heavy atom. The minimum Gasteiger partial charge on any atom is -0.503 e. The molecule has 0 radical (unpaired) electrons. The van der Waals surface area contributed by atoms with Crippen LogP contribution >= 0.6 is 0 Å². The van der Waals surface area contributed by atoms with Crippen molar-refractivity contribution < 1.29 is 28.2 Å². The molecule has 172 valence electrons. The van der Waals surface area contributed by atoms with Crippen LogP contribution in [0.2, 0.25) is 0 Å². The van der Waals surface area contributed by atoms with Gasteiger partial charge in [0.2, 0.25) is 5.43 Å². The number of fused-ring (bicyclic) bond motifs is 1. The van der Waals surface area contributed by atoms with Crippen LogP contribution < -0.4 is 10.7 Å². The lowest BCUT2D eigenvalue weighted by Crippen LogP contribution is -2.43. The van der Waals surface area contributed by atoms with Crippen molar-refractivity contribution in [2.45, 2.75) is 32.4 Å². The lowest BCUT2D eigenvalue weighted by Gasteiger charge is -2.30. The van der Waals surface area contributed by atoms with Crippen LogP contribution in [0.15, 0.2) is 29.2 Å². The number of carbonyl (C=O) groups is 2. The van der Waals surface area contributed by atoms with Crippen molar-refractivity contribution in [1.29, 1.82) is 0 Å². The van der Waals surface area contributed by atoms with Crippen LogP contribution in [0, 0.1) is 11.6 Å². The summed E-state index contributed by atoms with van der Waals surface area (Å²) < 4.78 is 33.1. The number of methoxy groups -OCH3 is 1. The maximum Gasteiger partial charge on any atom is 0.274 e. The number of amides is 2. The van der Waals surface area contributed by atoms with E-state index in [0.717, 1.165) is 25.3 Å². The van der Waals surface area contributed by atoms with E-state index in [2.05, 4.69) is 5.32 Å². The van der Waals surface area contributed by atoms with Gasteiger partial charge < -0.3 is 24.6 Å². The number of pyridine rings is 1. The summed E-state index contributed by atoms with van der Waals surface area (Å²) in [6.07, 6.45) is 3.74. The number of rotatable bonds is 9. The van der Waals surface area contributed by atoms with Crippen molar-refractivity contribution in [2.75, 3.05) is 26.8 Å². The van der Waals surface area contributed by atoms with Crippen molar-refractivity contribution >= 4 is 11.8 Å². The van der Waals surface area contributed by atoms with Gasteiger partial charge in [-0.05, 0) is 25.3 Å². The molecule has 0 atom stereocenters. The molecule has 0 aliphatic carbocycles. The minimum atomic E-state index is -0.983. The smallest absolute Gasteiger partial charge is 0.274 e. The molecule has 8 nitrogen and oxygen atoms in total. The Morgan fingerprint density at radius 3 is 2.69 bits per heavy atom. The predicted octanol–water partition coefficient (Wildman–Crippen LogP) is 2.03. The van der Waals surface area contributed by atoms with Crippen molar-refractivity contribution in [3.05, 3.63) is 63.1 Å². The minimum absolute atomic E-state index is 0.0401. The third kappa shape index (κ3) is 5.13. The number of hydrogen-bond acceptors (Lipinski definition) is 5. The molecule has 1 aromatic heterocycles. The normalized spacial score (nSPS) is 13.2. The summed E-state index contributed by atoms with van der Waals surface area (Å²) in [6.45, 7) is 1.54. The van der Waals surface area contributed by atoms with Crippen LogP contribution in [-0.2, 0) is 17.8 Å². The van der Waals surface area contributed by atoms with Crippen LogP contribution in [0.1, 0.15) is 45.7 Å². The van der Waals surface area contributed by atoms with Gasteiger partial charge in [-0.1, -0.05) is 6.07 Å². The second-order valence-electron chi connectivity index (χ2n) is 7.53. The summed E-state index contributed by atoms with van der Waals surface area (Å²) in [4.78, 5) is 39.4. The number of unbranched alkanes of at least 4 members (excludes halogenated alkanes) is 2. The second kappa shape index (κ2) is 10.4. The number of halogens is 2. The molecule has 1 aliphatic rings. The number of nitrogens with zero attached hydrogens (tertiary/aromatic N) is 2. The molecule has 0 saturated carbocycles. The fraction of sp³-hybridized carbons (Fsp3) is 0.409. The molecular formula is C22H25F2N3O5. The van der Waals surface area contributed by atoms with E-state index in [4.69, 9.17) is 4.74 Å². The lowest BCUT2D eigenvalue weighted by atomic mass is 10.1. The molecule has 2 aromatic rings. The molecular weight excluding hydrogens is 424 g/mol. The van der Waals surface area contributed by atoms with Crippen LogP contribution in [0.25, 0.3) is 0 Å². The summed E-state index contributed by atoms with van der Waals surface area (Å²) in [5.74, 6) is -3.68. The third-order valence-electron chi connectivity index (χ3n) is 5.33. The Hall–Kier alpha value is -3.27. The summed E-state index contributed by atoms with van der Waals surface area (Å²) in [6, 6.07) is 2.93. The molecule has 32 heavy (non-hydrogen) atoms. The first kappa shape index (κ1) is 23.4. The summed E-state index contributed by atoms with van der Waals surface area (Å²) in [5, 5.41) is 12.8. The zero-order chi connectivity index (χ0) is 23.3. The highest BCUT2D eigenvalue weighted by atomic mass is 19.1. The molecule has 0 bridgehead atoms. The molecule has 2 amide bonds. The first-order valence-electron chi connectivity index (χ1n) is 10.3. The van der Waals surface area contributed by atoms with E-state index in [0.29, 0.717) is 32.3 Å². The predicted molar refractivity (Wildman–Crippen MR) is 112 cm³/mol. The third-order valence-corrected chi connectivity index (χ3v) is 5.33. The Bertz CT molecular complexity index is 1070. The maximum atomic E-state index is 13.8. The Labute approximate surface area is 183 Å². The second-order valence-corrected chi connectivity index (χ2v) is 7.53. The number of aromatic hydroxyl groups is 1. The Kier molecular flexibility index (Phi) is 7.57. The zero-order valence-corrected chi connectivity index (χ0v) is 17.7. The monoisotopic (exact) mass is 449 g/mol. The summed E-state index contributed by atoms with van der Waals surface area (Å²) in [5.41, 5.74) is -1.46. The molecule has 1 aliphatic heterocycles. The van der Waals surface area contributed by atoms with Crippen LogP contribution in [0.4, 0.5) is 8.78 Å². The Morgan fingerprint density at radius 1 is 1.19 bits per heavy atom. The first-order valence-corrected chi connectivity index (χ1v) is 10.3. The molecule has 0 saturated heterocycles. The van der Waals surface area contributed by atoms with Crippen molar-refractivity contribution in [2.24, 2.45) is 0 Å². The SMILES string of the molecule is COCCCCCN1CCn2cc(C(=O)NCc3ccc(F)cc3F)c(=O)c(O)c2C1=O. The van der Waals surface area contributed by atoms with E-state index in [1.807, 2.05) is 0 Å². The molecule has 1 aromatic carbocycles. The summed E-state index contributed by atoms with van der Waals surface area (Å²) in [7, 11) is 1.63. The van der Waals surface area contributed by atoms with E-state index in [1.165, 1.54) is 16.8 Å². The molecule has 0 fully saturated rings. The molecule has 0 spiro atoms. The van der Waals surface area contributed by atoms with Crippen molar-refractivity contribution in [3.63, 3.8) is 0 Å². The van der Waals surface area contributed by atoms with Gasteiger partial charge >= 0.3 is 0 Å². The summed E-state index contributed by atoms with van der Waals surface area (Å²) >= 11 is 0. The standard InChI is InChI=1S/C22H25F2N3O5/c1-32-10-4-2-3-7-26-8-9-27-13-16(19(28)20(29)18(27)22(26)31)21(30)25-12-14-5-6-15(23)11-17(14)24/h5-6,11,13,29H,2-4,7-10,12H2,1H3,(H,25,30). The molecule has 3 rings (SSSR count). The molecule has 2 heterocycles. The van der Waals surface area contributed by atoms with Gasteiger partial charge in [0.05, 0.1) is 0 Å². The highest BCUT2D eigenvalue weighted by molar-refractivity contribution is 5.99. The van der Waals surface area contributed by atoms with Crippen LogP contribution in [0.5, 0.6) is 5.75 Å². The highest BCUT2D eigenvalue weighted by Gasteiger charge is 2.30. The molecule has 10 heteroatoms. The van der Waals surface area contributed by atoms with E-state index in [-0.39, 0.29) is 23.4 Å². The quantitative estimate of drug-likeness (QED) is 0.571. The molecule has 2 N–H and O–H groups in total. The lowest BCUT2D eigenvalue weighted by molar-refractivity contribution is 0.0691. The first-order chi connectivity index (χ1) is 15.3. The number of aromatic nitrogens is 1. The van der Waals surface area contributed by atoms with Gasteiger partial charge in [-0.2, -0.15) is 0 Å². The van der Waals surface area contributed by atoms with Crippen molar-refractivity contribution in [3.8, 4) is 5.75 Å². The van der Waals surface area contributed by atoms with Gasteiger partial charge in [0.25, 0.3) is 11.8 Å². The topological polar surface area (TPSA) is 101 Å².